The summed E-state index contributed by atoms with van der Waals surface area (Å²) < 4.78 is 17.5. The van der Waals surface area contributed by atoms with E-state index in [1.54, 1.807) is 31.3 Å². The Morgan fingerprint density at radius 3 is 2.16 bits per heavy atom. The summed E-state index contributed by atoms with van der Waals surface area (Å²) in [5.74, 6) is 1.66. The van der Waals surface area contributed by atoms with Crippen LogP contribution in [0.3, 0.4) is 0 Å². The molecular formula is C55H57NO7. The molecule has 2 spiro atoms. The SMILES string of the molecule is COc1ccc(CN(CC2(O)CCC3C45C=CC6(C=C4C(=O)c4ccc(-c7ccccc7)cc4)CC(O)CCC6(C)C5CCC32C)C(=O)Oc2ccc3ccccc3c2)c(OC)c1. The number of fused-ring (bicyclic) bond motifs is 2. The molecule has 8 atom stereocenters. The maximum Gasteiger partial charge on any atom is 0.415 e. The first-order valence-electron chi connectivity index (χ1n) is 22.6. The van der Waals surface area contributed by atoms with Crippen LogP contribution in [-0.4, -0.2) is 59.5 Å². The average molecular weight is 844 g/mol. The molecule has 324 valence electrons. The summed E-state index contributed by atoms with van der Waals surface area (Å²) >= 11 is 0. The highest BCUT2D eigenvalue weighted by molar-refractivity contribution is 6.10. The lowest BCUT2D eigenvalue weighted by Crippen LogP contribution is -2.67. The molecule has 0 saturated heterocycles. The number of aliphatic hydroxyl groups is 2. The van der Waals surface area contributed by atoms with E-state index in [0.29, 0.717) is 42.1 Å². The Bertz CT molecular complexity index is 2660. The van der Waals surface area contributed by atoms with E-state index < -0.39 is 34.0 Å². The third-order valence-electron chi connectivity index (χ3n) is 16.7. The summed E-state index contributed by atoms with van der Waals surface area (Å²) in [6.45, 7) is 4.74. The fourth-order valence-electron chi connectivity index (χ4n) is 13.3. The van der Waals surface area contributed by atoms with Crippen molar-refractivity contribution in [2.75, 3.05) is 20.8 Å². The fourth-order valence-corrected chi connectivity index (χ4v) is 13.3. The number of Topliss-reactive ketones (excluding diaryl/α,β-unsaturated/α-hetero) is 1. The molecule has 2 N–H and O–H groups in total. The van der Waals surface area contributed by atoms with Crippen LogP contribution in [0.15, 0.2) is 139 Å². The Morgan fingerprint density at radius 2 is 1.40 bits per heavy atom. The summed E-state index contributed by atoms with van der Waals surface area (Å²) in [7, 11) is 3.20. The van der Waals surface area contributed by atoms with Gasteiger partial charge in [-0.25, -0.2) is 4.79 Å². The van der Waals surface area contributed by atoms with E-state index in [1.807, 2.05) is 91.0 Å². The van der Waals surface area contributed by atoms with Gasteiger partial charge in [-0.3, -0.25) is 4.79 Å². The molecule has 63 heavy (non-hydrogen) atoms. The van der Waals surface area contributed by atoms with E-state index in [0.717, 1.165) is 58.7 Å². The summed E-state index contributed by atoms with van der Waals surface area (Å²) in [6, 6.07) is 37.2. The molecule has 3 saturated carbocycles. The van der Waals surface area contributed by atoms with Crippen molar-refractivity contribution in [2.24, 2.45) is 33.5 Å². The Morgan fingerprint density at radius 1 is 0.714 bits per heavy atom. The van der Waals surface area contributed by atoms with Gasteiger partial charge >= 0.3 is 6.09 Å². The van der Waals surface area contributed by atoms with E-state index in [9.17, 15) is 15.0 Å². The Labute approximate surface area is 370 Å². The number of nitrogens with zero attached hydrogens (tertiary/aromatic N) is 1. The molecule has 6 aliphatic rings. The van der Waals surface area contributed by atoms with Crippen molar-refractivity contribution >= 4 is 22.6 Å². The second kappa shape index (κ2) is 15.2. The number of aliphatic hydroxyl groups excluding tert-OH is 1. The summed E-state index contributed by atoms with van der Waals surface area (Å²) in [5, 5.41) is 26.6. The Hall–Kier alpha value is -5.70. The van der Waals surface area contributed by atoms with E-state index in [2.05, 4.69) is 44.2 Å². The minimum absolute atomic E-state index is 0.0114. The molecule has 5 aromatic rings. The van der Waals surface area contributed by atoms with Crippen molar-refractivity contribution in [3.8, 4) is 28.4 Å². The van der Waals surface area contributed by atoms with Gasteiger partial charge in [0.25, 0.3) is 0 Å². The second-order valence-electron chi connectivity index (χ2n) is 19.5. The van der Waals surface area contributed by atoms with Gasteiger partial charge in [0.1, 0.15) is 17.2 Å². The van der Waals surface area contributed by atoms with Crippen LogP contribution in [0.25, 0.3) is 21.9 Å². The number of ether oxygens (including phenoxy) is 3. The number of hydrogen-bond donors (Lipinski definition) is 2. The van der Waals surface area contributed by atoms with Gasteiger partial charge < -0.3 is 29.3 Å². The number of rotatable bonds is 10. The summed E-state index contributed by atoms with van der Waals surface area (Å²) in [5.41, 5.74) is 1.04. The molecule has 0 radical (unpaired) electrons. The van der Waals surface area contributed by atoms with Gasteiger partial charge in [-0.15, -0.1) is 0 Å². The van der Waals surface area contributed by atoms with Gasteiger partial charge in [0.15, 0.2) is 5.78 Å². The maximum absolute atomic E-state index is 15.3. The van der Waals surface area contributed by atoms with Gasteiger partial charge in [0, 0.05) is 39.0 Å². The zero-order chi connectivity index (χ0) is 43.8. The van der Waals surface area contributed by atoms with E-state index in [-0.39, 0.29) is 36.1 Å². The van der Waals surface area contributed by atoms with E-state index in [1.165, 1.54) is 0 Å². The molecule has 6 aliphatic carbocycles. The van der Waals surface area contributed by atoms with Crippen molar-refractivity contribution in [1.29, 1.82) is 0 Å². The minimum atomic E-state index is -1.32. The fraction of sp³-hybridized carbons (Fsp3) is 0.382. The molecule has 0 aromatic heterocycles. The lowest BCUT2D eigenvalue weighted by Gasteiger charge is -2.71. The highest BCUT2D eigenvalue weighted by Gasteiger charge is 2.74. The third-order valence-corrected chi connectivity index (χ3v) is 16.7. The van der Waals surface area contributed by atoms with E-state index in [4.69, 9.17) is 14.2 Å². The van der Waals surface area contributed by atoms with E-state index >= 15 is 4.79 Å². The number of carbonyl (C=O) groups is 2. The van der Waals surface area contributed by atoms with Crippen LogP contribution < -0.4 is 14.2 Å². The van der Waals surface area contributed by atoms with Gasteiger partial charge in [-0.1, -0.05) is 117 Å². The van der Waals surface area contributed by atoms with Crippen LogP contribution in [0.5, 0.6) is 17.2 Å². The number of ketones is 1. The van der Waals surface area contributed by atoms with Crippen molar-refractivity contribution in [3.05, 3.63) is 150 Å². The van der Waals surface area contributed by atoms with Gasteiger partial charge in [-0.2, -0.15) is 0 Å². The maximum atomic E-state index is 15.3. The average Bonchev–Trinajstić information content (AvgIpc) is 3.58. The van der Waals surface area contributed by atoms with Crippen molar-refractivity contribution in [3.63, 3.8) is 0 Å². The molecule has 3 fully saturated rings. The Kier molecular flexibility index (Phi) is 9.99. The van der Waals surface area contributed by atoms with Crippen LogP contribution in [0.2, 0.25) is 0 Å². The van der Waals surface area contributed by atoms with Crippen LogP contribution in [0.1, 0.15) is 74.7 Å². The van der Waals surface area contributed by atoms with Crippen LogP contribution in [0.4, 0.5) is 4.79 Å². The molecule has 2 bridgehead atoms. The van der Waals surface area contributed by atoms with Crippen LogP contribution >= 0.6 is 0 Å². The molecule has 11 rings (SSSR count). The summed E-state index contributed by atoms with van der Waals surface area (Å²) in [6.07, 6.45) is 10.7. The highest BCUT2D eigenvalue weighted by atomic mass is 16.6. The Balaban J connectivity index is 1.03. The monoisotopic (exact) mass is 843 g/mol. The predicted octanol–water partition coefficient (Wildman–Crippen LogP) is 11.0. The third kappa shape index (κ3) is 6.38. The number of allylic oxidation sites excluding steroid dienone is 4. The first-order valence-corrected chi connectivity index (χ1v) is 22.6. The highest BCUT2D eigenvalue weighted by Crippen LogP contribution is 2.78. The molecular weight excluding hydrogens is 787 g/mol. The van der Waals surface area contributed by atoms with Crippen LogP contribution in [0, 0.1) is 33.5 Å². The second-order valence-corrected chi connectivity index (χ2v) is 19.5. The number of amides is 1. The molecule has 0 heterocycles. The molecule has 8 unspecified atom stereocenters. The van der Waals surface area contributed by atoms with Crippen molar-refractivity contribution in [1.82, 2.24) is 4.90 Å². The topological polar surface area (TPSA) is 106 Å². The molecule has 5 aromatic carbocycles. The zero-order valence-electron chi connectivity index (χ0n) is 36.7. The van der Waals surface area contributed by atoms with Crippen LogP contribution in [-0.2, 0) is 6.54 Å². The lowest BCUT2D eigenvalue weighted by atomic mass is 9.32. The number of carbonyl (C=O) groups excluding carboxylic acids is 2. The first kappa shape index (κ1) is 41.3. The lowest BCUT2D eigenvalue weighted by molar-refractivity contribution is -0.175. The van der Waals surface area contributed by atoms with Gasteiger partial charge in [0.05, 0.1) is 39.0 Å². The largest absolute Gasteiger partial charge is 0.497 e. The standard InChI is InChI=1S/C55H57NO7/c1-51-25-22-42(57)32-53(51)28-29-55(45(33-53)49(58)39-16-14-38(15-17-39)36-10-6-5-7-11-36)47(51)23-26-52(2)48(55)24-27-54(52,60)35-56(34-41-19-20-43(61-3)31-46(41)62-4)50(59)63-44-21-18-37-12-8-9-13-40(37)30-44/h5-21,28-31,33,42,47-48,57,60H,22-27,32,34-35H2,1-4H3. The molecule has 8 heteroatoms. The minimum Gasteiger partial charge on any atom is -0.497 e. The quantitative estimate of drug-likeness (QED) is 0.107. The molecule has 8 nitrogen and oxygen atoms in total. The molecule has 0 aliphatic heterocycles. The smallest absolute Gasteiger partial charge is 0.415 e. The number of hydrogen-bond acceptors (Lipinski definition) is 7. The summed E-state index contributed by atoms with van der Waals surface area (Å²) in [4.78, 5) is 31.5. The van der Waals surface area contributed by atoms with Crippen molar-refractivity contribution in [2.45, 2.75) is 77.0 Å². The first-order chi connectivity index (χ1) is 30.3. The number of methoxy groups -OCH3 is 2. The van der Waals surface area contributed by atoms with Gasteiger partial charge in [-0.05, 0) is 108 Å². The predicted molar refractivity (Wildman–Crippen MR) is 245 cm³/mol. The normalized spacial score (nSPS) is 31.3. The van der Waals surface area contributed by atoms with Gasteiger partial charge in [0.2, 0.25) is 0 Å². The van der Waals surface area contributed by atoms with Crippen molar-refractivity contribution < 1.29 is 34.0 Å². The zero-order valence-corrected chi connectivity index (χ0v) is 36.7. The molecule has 1 amide bonds. The number of benzene rings is 5.